The SMILES string of the molecule is CCn1cc(-c2cc(C(=O)NCCS)c3ccccc3n2)c(C)n1. The first-order valence-corrected chi connectivity index (χ1v) is 8.60. The van der Waals surface area contributed by atoms with Gasteiger partial charge in [0.2, 0.25) is 0 Å². The second kappa shape index (κ2) is 7.05. The van der Waals surface area contributed by atoms with Crippen molar-refractivity contribution in [3.8, 4) is 11.3 Å². The fourth-order valence-electron chi connectivity index (χ4n) is 2.70. The minimum absolute atomic E-state index is 0.107. The Labute approximate surface area is 146 Å². The van der Waals surface area contributed by atoms with Gasteiger partial charge in [0.25, 0.3) is 5.91 Å². The summed E-state index contributed by atoms with van der Waals surface area (Å²) in [6.07, 6.45) is 1.97. The Balaban J connectivity index is 2.15. The van der Waals surface area contributed by atoms with E-state index < -0.39 is 0 Å². The zero-order valence-corrected chi connectivity index (χ0v) is 14.7. The largest absolute Gasteiger partial charge is 0.351 e. The minimum atomic E-state index is -0.107. The van der Waals surface area contributed by atoms with Crippen LogP contribution in [0.5, 0.6) is 0 Å². The molecule has 0 bridgehead atoms. The Morgan fingerprint density at radius 2 is 2.12 bits per heavy atom. The topological polar surface area (TPSA) is 59.8 Å². The highest BCUT2D eigenvalue weighted by Crippen LogP contribution is 2.26. The molecule has 24 heavy (non-hydrogen) atoms. The molecule has 0 aliphatic rings. The monoisotopic (exact) mass is 340 g/mol. The van der Waals surface area contributed by atoms with Crippen molar-refractivity contribution in [2.24, 2.45) is 0 Å². The Morgan fingerprint density at radius 1 is 1.33 bits per heavy atom. The Bertz CT molecular complexity index is 888. The van der Waals surface area contributed by atoms with Crippen LogP contribution in [0.3, 0.4) is 0 Å². The van der Waals surface area contributed by atoms with Crippen molar-refractivity contribution < 1.29 is 4.79 Å². The number of benzene rings is 1. The van der Waals surface area contributed by atoms with Crippen LogP contribution in [-0.2, 0) is 6.54 Å². The highest BCUT2D eigenvalue weighted by Gasteiger charge is 2.15. The fourth-order valence-corrected chi connectivity index (χ4v) is 2.81. The number of rotatable bonds is 5. The molecule has 0 aliphatic heterocycles. The van der Waals surface area contributed by atoms with Crippen molar-refractivity contribution in [3.63, 3.8) is 0 Å². The molecule has 2 aromatic heterocycles. The van der Waals surface area contributed by atoms with E-state index in [0.29, 0.717) is 17.9 Å². The predicted molar refractivity (Wildman–Crippen MR) is 99.6 cm³/mol. The van der Waals surface area contributed by atoms with Gasteiger partial charge < -0.3 is 5.32 Å². The molecule has 3 rings (SSSR count). The number of fused-ring (bicyclic) bond motifs is 1. The van der Waals surface area contributed by atoms with Crippen LogP contribution in [0.2, 0.25) is 0 Å². The number of aryl methyl sites for hydroxylation is 2. The van der Waals surface area contributed by atoms with Gasteiger partial charge in [0, 0.05) is 36.0 Å². The van der Waals surface area contributed by atoms with E-state index in [-0.39, 0.29) is 5.91 Å². The number of nitrogens with zero attached hydrogens (tertiary/aromatic N) is 3. The number of aromatic nitrogens is 3. The molecule has 0 fully saturated rings. The van der Waals surface area contributed by atoms with Gasteiger partial charge in [-0.2, -0.15) is 17.7 Å². The number of hydrogen-bond donors (Lipinski definition) is 2. The summed E-state index contributed by atoms with van der Waals surface area (Å²) in [5.41, 5.74) is 4.05. The molecule has 0 radical (unpaired) electrons. The zero-order valence-electron chi connectivity index (χ0n) is 13.8. The summed E-state index contributed by atoms with van der Waals surface area (Å²) in [7, 11) is 0. The number of thiol groups is 1. The normalized spacial score (nSPS) is 11.0. The number of nitrogens with one attached hydrogen (secondary N) is 1. The average Bonchev–Trinajstić information content (AvgIpc) is 2.99. The van der Waals surface area contributed by atoms with Crippen LogP contribution in [0, 0.1) is 6.92 Å². The standard InChI is InChI=1S/C18H20N4OS/c1-3-22-11-15(12(2)21-22)17-10-14(18(23)19-8-9-24)13-6-4-5-7-16(13)20-17/h4-7,10-11,24H,3,8-9H2,1-2H3,(H,19,23). The molecule has 0 saturated carbocycles. The summed E-state index contributed by atoms with van der Waals surface area (Å²) in [6, 6.07) is 9.54. The molecular formula is C18H20N4OS. The van der Waals surface area contributed by atoms with Crippen molar-refractivity contribution in [1.82, 2.24) is 20.1 Å². The van der Waals surface area contributed by atoms with Crippen LogP contribution in [0.1, 0.15) is 23.0 Å². The summed E-state index contributed by atoms with van der Waals surface area (Å²) in [5, 5.41) is 8.21. The smallest absolute Gasteiger partial charge is 0.252 e. The molecule has 3 aromatic rings. The number of amides is 1. The van der Waals surface area contributed by atoms with Crippen LogP contribution in [-0.4, -0.2) is 33.0 Å². The van der Waals surface area contributed by atoms with Crippen molar-refractivity contribution in [3.05, 3.63) is 47.8 Å². The third-order valence-corrected chi connectivity index (χ3v) is 4.13. The molecule has 0 atom stereocenters. The lowest BCUT2D eigenvalue weighted by atomic mass is 10.0. The molecule has 0 aliphatic carbocycles. The molecule has 124 valence electrons. The van der Waals surface area contributed by atoms with Gasteiger partial charge in [0.15, 0.2) is 0 Å². The maximum atomic E-state index is 12.6. The van der Waals surface area contributed by atoms with E-state index in [0.717, 1.165) is 34.4 Å². The van der Waals surface area contributed by atoms with Crippen molar-refractivity contribution >= 4 is 29.4 Å². The predicted octanol–water partition coefficient (Wildman–Crippen LogP) is 3.09. The molecule has 1 aromatic carbocycles. The highest BCUT2D eigenvalue weighted by atomic mass is 32.1. The van der Waals surface area contributed by atoms with Crippen LogP contribution >= 0.6 is 12.6 Å². The second-order valence-corrected chi connectivity index (χ2v) is 5.98. The first-order chi connectivity index (χ1) is 11.6. The lowest BCUT2D eigenvalue weighted by Gasteiger charge is -2.09. The third kappa shape index (κ3) is 3.14. The van der Waals surface area contributed by atoms with Crippen molar-refractivity contribution in [2.45, 2.75) is 20.4 Å². The van der Waals surface area contributed by atoms with Gasteiger partial charge in [0.1, 0.15) is 0 Å². The molecule has 0 unspecified atom stereocenters. The lowest BCUT2D eigenvalue weighted by molar-refractivity contribution is 0.0958. The number of hydrogen-bond acceptors (Lipinski definition) is 4. The van der Waals surface area contributed by atoms with Gasteiger partial charge >= 0.3 is 0 Å². The molecule has 1 N–H and O–H groups in total. The summed E-state index contributed by atoms with van der Waals surface area (Å²) in [5.74, 6) is 0.494. The summed E-state index contributed by atoms with van der Waals surface area (Å²) >= 11 is 4.15. The maximum absolute atomic E-state index is 12.6. The number of para-hydroxylation sites is 1. The van der Waals surface area contributed by atoms with Crippen molar-refractivity contribution in [1.29, 1.82) is 0 Å². The number of carbonyl (C=O) groups excluding carboxylic acids is 1. The number of pyridine rings is 1. The van der Waals surface area contributed by atoms with Gasteiger partial charge in [0.05, 0.1) is 22.5 Å². The average molecular weight is 340 g/mol. The van der Waals surface area contributed by atoms with Gasteiger partial charge in [-0.25, -0.2) is 4.98 Å². The first-order valence-electron chi connectivity index (χ1n) is 7.97. The van der Waals surface area contributed by atoms with E-state index in [9.17, 15) is 4.79 Å². The Kier molecular flexibility index (Phi) is 4.85. The number of carbonyl (C=O) groups is 1. The Hall–Kier alpha value is -2.34. The second-order valence-electron chi connectivity index (χ2n) is 5.54. The summed E-state index contributed by atoms with van der Waals surface area (Å²) in [6.45, 7) is 5.32. The quantitative estimate of drug-likeness (QED) is 0.702. The van der Waals surface area contributed by atoms with Gasteiger partial charge in [-0.3, -0.25) is 9.48 Å². The minimum Gasteiger partial charge on any atom is -0.351 e. The summed E-state index contributed by atoms with van der Waals surface area (Å²) in [4.78, 5) is 17.3. The van der Waals surface area contributed by atoms with E-state index in [1.54, 1.807) is 0 Å². The Morgan fingerprint density at radius 3 is 2.83 bits per heavy atom. The molecular weight excluding hydrogens is 320 g/mol. The van der Waals surface area contributed by atoms with E-state index in [4.69, 9.17) is 4.98 Å². The third-order valence-electron chi connectivity index (χ3n) is 3.90. The van der Waals surface area contributed by atoms with E-state index in [1.807, 2.05) is 55.1 Å². The highest BCUT2D eigenvalue weighted by molar-refractivity contribution is 7.80. The van der Waals surface area contributed by atoms with Gasteiger partial charge in [-0.15, -0.1) is 0 Å². The van der Waals surface area contributed by atoms with Gasteiger partial charge in [-0.05, 0) is 26.0 Å². The summed E-state index contributed by atoms with van der Waals surface area (Å²) < 4.78 is 1.88. The molecule has 0 spiro atoms. The first kappa shape index (κ1) is 16.5. The molecule has 1 amide bonds. The molecule has 6 heteroatoms. The van der Waals surface area contributed by atoms with Crippen LogP contribution in [0.15, 0.2) is 36.5 Å². The van der Waals surface area contributed by atoms with Crippen molar-refractivity contribution in [2.75, 3.05) is 12.3 Å². The van der Waals surface area contributed by atoms with Crippen LogP contribution in [0.25, 0.3) is 22.2 Å². The lowest BCUT2D eigenvalue weighted by Crippen LogP contribution is -2.25. The van der Waals surface area contributed by atoms with Crippen LogP contribution in [0.4, 0.5) is 0 Å². The molecule has 5 nitrogen and oxygen atoms in total. The van der Waals surface area contributed by atoms with Gasteiger partial charge in [-0.1, -0.05) is 18.2 Å². The molecule has 0 saturated heterocycles. The fraction of sp³-hybridized carbons (Fsp3) is 0.278. The van der Waals surface area contributed by atoms with Crippen LogP contribution < -0.4 is 5.32 Å². The van der Waals surface area contributed by atoms with E-state index in [2.05, 4.69) is 23.0 Å². The van der Waals surface area contributed by atoms with E-state index in [1.165, 1.54) is 0 Å². The zero-order chi connectivity index (χ0) is 17.1. The van der Waals surface area contributed by atoms with E-state index >= 15 is 0 Å². The molecule has 2 heterocycles. The maximum Gasteiger partial charge on any atom is 0.252 e.